The first-order valence-corrected chi connectivity index (χ1v) is 12.3. The maximum atomic E-state index is 13.2. The quantitative estimate of drug-likeness (QED) is 0.330. The largest absolute Gasteiger partial charge is 0.496 e. The van der Waals surface area contributed by atoms with Gasteiger partial charge < -0.3 is 19.3 Å². The van der Waals surface area contributed by atoms with Crippen LogP contribution in [-0.4, -0.2) is 54.1 Å². The molecule has 0 radical (unpaired) electrons. The summed E-state index contributed by atoms with van der Waals surface area (Å²) in [6.07, 6.45) is 2.47. The van der Waals surface area contributed by atoms with E-state index in [1.807, 2.05) is 37.4 Å². The van der Waals surface area contributed by atoms with Gasteiger partial charge in [-0.05, 0) is 77.3 Å². The second-order valence-corrected chi connectivity index (χ2v) is 10.3. The van der Waals surface area contributed by atoms with Crippen molar-refractivity contribution in [3.8, 4) is 17.6 Å². The third-order valence-electron chi connectivity index (χ3n) is 6.07. The summed E-state index contributed by atoms with van der Waals surface area (Å²) in [6, 6.07) is 6.76. The number of thiophene rings is 1. The van der Waals surface area contributed by atoms with Crippen LogP contribution in [0.4, 0.5) is 0 Å². The number of hydrogen-bond acceptors (Lipinski definition) is 5. The highest BCUT2D eigenvalue weighted by Crippen LogP contribution is 2.36. The Labute approximate surface area is 207 Å². The standard InChI is InChI=1S/C25H27BrN2O4S/c1-25(2,11-6-5-8-18-9-7-13-33-18)27(3)23(30)24(31)28-12-10-17-14-22(32-4)20(26)15-19(17)21(28)16-29/h7,9,13-16,21H,6,10-12H2,1-4H3. The molecule has 0 N–H and O–H groups in total. The van der Waals surface area contributed by atoms with E-state index in [0.717, 1.165) is 10.4 Å². The molecule has 0 fully saturated rings. The SMILES string of the molecule is COc1cc2c(cc1Br)C(C=O)N(C(=O)C(=O)N(C)C(C)(C)CCC#Cc1cccs1)CC2. The van der Waals surface area contributed by atoms with E-state index in [1.54, 1.807) is 31.6 Å². The van der Waals surface area contributed by atoms with E-state index in [-0.39, 0.29) is 6.54 Å². The molecule has 33 heavy (non-hydrogen) atoms. The first-order chi connectivity index (χ1) is 15.7. The molecule has 1 aliphatic rings. The first-order valence-electron chi connectivity index (χ1n) is 10.6. The molecule has 2 amide bonds. The first kappa shape index (κ1) is 25.0. The molecular weight excluding hydrogens is 504 g/mol. The van der Waals surface area contributed by atoms with Gasteiger partial charge in [-0.2, -0.15) is 0 Å². The lowest BCUT2D eigenvalue weighted by Crippen LogP contribution is -2.53. The number of methoxy groups -OCH3 is 1. The second-order valence-electron chi connectivity index (χ2n) is 8.47. The molecular formula is C25H27BrN2O4S. The van der Waals surface area contributed by atoms with Crippen molar-refractivity contribution in [3.63, 3.8) is 0 Å². The minimum Gasteiger partial charge on any atom is -0.496 e. The van der Waals surface area contributed by atoms with Gasteiger partial charge in [0.05, 0.1) is 16.5 Å². The van der Waals surface area contributed by atoms with Crippen LogP contribution in [-0.2, 0) is 20.8 Å². The van der Waals surface area contributed by atoms with E-state index in [0.29, 0.717) is 41.3 Å². The fraction of sp³-hybridized carbons (Fsp3) is 0.400. The van der Waals surface area contributed by atoms with E-state index in [9.17, 15) is 14.4 Å². The zero-order chi connectivity index (χ0) is 24.2. The lowest BCUT2D eigenvalue weighted by molar-refractivity contribution is -0.156. The summed E-state index contributed by atoms with van der Waals surface area (Å²) in [5, 5.41) is 1.98. The molecule has 1 aromatic heterocycles. The van der Waals surface area contributed by atoms with Crippen molar-refractivity contribution < 1.29 is 19.1 Å². The Morgan fingerprint density at radius 3 is 2.79 bits per heavy atom. The highest BCUT2D eigenvalue weighted by Gasteiger charge is 2.38. The van der Waals surface area contributed by atoms with Crippen molar-refractivity contribution in [1.82, 2.24) is 9.80 Å². The van der Waals surface area contributed by atoms with Crippen LogP contribution in [0.15, 0.2) is 34.1 Å². The topological polar surface area (TPSA) is 66.9 Å². The van der Waals surface area contributed by atoms with Crippen LogP contribution in [0.2, 0.25) is 0 Å². The number of rotatable bonds is 5. The molecule has 2 heterocycles. The number of halogens is 1. The number of likely N-dealkylation sites (N-methyl/N-ethyl adjacent to an activating group) is 1. The molecule has 3 rings (SSSR count). The van der Waals surface area contributed by atoms with Crippen LogP contribution in [0, 0.1) is 11.8 Å². The molecule has 1 aliphatic heterocycles. The lowest BCUT2D eigenvalue weighted by atomic mass is 9.92. The summed E-state index contributed by atoms with van der Waals surface area (Å²) >= 11 is 5.03. The van der Waals surface area contributed by atoms with E-state index >= 15 is 0 Å². The summed E-state index contributed by atoms with van der Waals surface area (Å²) in [4.78, 5) is 42.1. The molecule has 0 saturated carbocycles. The minimum atomic E-state index is -0.819. The average Bonchev–Trinajstić information content (AvgIpc) is 3.32. The molecule has 6 nitrogen and oxygen atoms in total. The van der Waals surface area contributed by atoms with Gasteiger partial charge in [-0.15, -0.1) is 11.3 Å². The zero-order valence-corrected chi connectivity index (χ0v) is 21.6. The summed E-state index contributed by atoms with van der Waals surface area (Å²) < 4.78 is 6.03. The monoisotopic (exact) mass is 530 g/mol. The van der Waals surface area contributed by atoms with E-state index in [4.69, 9.17) is 4.74 Å². The second kappa shape index (κ2) is 10.5. The third kappa shape index (κ3) is 5.48. The highest BCUT2D eigenvalue weighted by molar-refractivity contribution is 9.10. The fourth-order valence-electron chi connectivity index (χ4n) is 3.76. The van der Waals surface area contributed by atoms with Crippen LogP contribution in [0.3, 0.4) is 0 Å². The number of ether oxygens (including phenoxy) is 1. The number of fused-ring (bicyclic) bond motifs is 1. The van der Waals surface area contributed by atoms with E-state index in [2.05, 4.69) is 27.8 Å². The molecule has 0 bridgehead atoms. The number of hydrogen-bond donors (Lipinski definition) is 0. The van der Waals surface area contributed by atoms with Crippen LogP contribution in [0.1, 0.15) is 48.7 Å². The fourth-order valence-corrected chi connectivity index (χ4v) is 4.87. The molecule has 174 valence electrons. The molecule has 1 aromatic carbocycles. The lowest BCUT2D eigenvalue weighted by Gasteiger charge is -2.38. The Hall–Kier alpha value is -2.63. The Balaban J connectivity index is 1.71. The summed E-state index contributed by atoms with van der Waals surface area (Å²) in [6.45, 7) is 4.11. The average molecular weight is 531 g/mol. The van der Waals surface area contributed by atoms with Gasteiger partial charge in [0.15, 0.2) is 0 Å². The third-order valence-corrected chi connectivity index (χ3v) is 7.48. The summed E-state index contributed by atoms with van der Waals surface area (Å²) in [5.41, 5.74) is 1.06. The molecule has 0 spiro atoms. The van der Waals surface area contributed by atoms with Gasteiger partial charge in [0, 0.05) is 25.6 Å². The van der Waals surface area contributed by atoms with E-state index < -0.39 is 23.4 Å². The molecule has 1 unspecified atom stereocenters. The highest BCUT2D eigenvalue weighted by atomic mass is 79.9. The number of nitrogens with zero attached hydrogens (tertiary/aromatic N) is 2. The van der Waals surface area contributed by atoms with Gasteiger partial charge >= 0.3 is 11.8 Å². The van der Waals surface area contributed by atoms with Gasteiger partial charge in [0.25, 0.3) is 0 Å². The maximum Gasteiger partial charge on any atom is 0.312 e. The van der Waals surface area contributed by atoms with Crippen molar-refractivity contribution >= 4 is 45.4 Å². The molecule has 1 atom stereocenters. The van der Waals surface area contributed by atoms with Gasteiger partial charge in [-0.1, -0.05) is 17.9 Å². The van der Waals surface area contributed by atoms with Gasteiger partial charge in [0.2, 0.25) is 0 Å². The summed E-state index contributed by atoms with van der Waals surface area (Å²) in [5.74, 6) is 5.61. The number of benzene rings is 1. The van der Waals surface area contributed by atoms with Gasteiger partial charge in [-0.3, -0.25) is 9.59 Å². The molecule has 0 saturated heterocycles. The smallest absolute Gasteiger partial charge is 0.312 e. The summed E-state index contributed by atoms with van der Waals surface area (Å²) in [7, 11) is 3.20. The van der Waals surface area contributed by atoms with Gasteiger partial charge in [0.1, 0.15) is 18.1 Å². The van der Waals surface area contributed by atoms with Crippen molar-refractivity contribution in [1.29, 1.82) is 0 Å². The van der Waals surface area contributed by atoms with E-state index in [1.165, 1.54) is 9.80 Å². The Kier molecular flexibility index (Phi) is 7.98. The number of carbonyl (C=O) groups excluding carboxylic acids is 3. The Bertz CT molecular complexity index is 1100. The van der Waals surface area contributed by atoms with Gasteiger partial charge in [-0.25, -0.2) is 0 Å². The van der Waals surface area contributed by atoms with Crippen molar-refractivity contribution in [3.05, 3.63) is 50.1 Å². The Morgan fingerprint density at radius 2 is 2.15 bits per heavy atom. The predicted molar refractivity (Wildman–Crippen MR) is 132 cm³/mol. The maximum absolute atomic E-state index is 13.2. The molecule has 0 aliphatic carbocycles. The van der Waals surface area contributed by atoms with Crippen LogP contribution < -0.4 is 4.74 Å². The number of aldehydes is 1. The molecule has 2 aromatic rings. The van der Waals surface area contributed by atoms with Crippen molar-refractivity contribution in [2.75, 3.05) is 20.7 Å². The predicted octanol–water partition coefficient (Wildman–Crippen LogP) is 4.21. The normalized spacial score (nSPS) is 15.2. The Morgan fingerprint density at radius 1 is 1.39 bits per heavy atom. The van der Waals surface area contributed by atoms with Crippen LogP contribution in [0.25, 0.3) is 0 Å². The van der Waals surface area contributed by atoms with Crippen LogP contribution in [0.5, 0.6) is 5.75 Å². The number of carbonyl (C=O) groups is 3. The van der Waals surface area contributed by atoms with Crippen molar-refractivity contribution in [2.45, 2.75) is 44.7 Å². The number of amides is 2. The molecule has 8 heteroatoms. The van der Waals surface area contributed by atoms with Crippen molar-refractivity contribution in [2.24, 2.45) is 0 Å². The minimum absolute atomic E-state index is 0.284. The zero-order valence-electron chi connectivity index (χ0n) is 19.2. The van der Waals surface area contributed by atoms with Crippen LogP contribution >= 0.6 is 27.3 Å².